The van der Waals surface area contributed by atoms with Gasteiger partial charge in [0.25, 0.3) is 5.56 Å². The fraction of sp³-hybridized carbons (Fsp3) is 0.333. The summed E-state index contributed by atoms with van der Waals surface area (Å²) in [5.41, 5.74) is 1.54. The van der Waals surface area contributed by atoms with Crippen LogP contribution in [0.4, 0.5) is 5.69 Å². The van der Waals surface area contributed by atoms with Crippen molar-refractivity contribution in [3.8, 4) is 5.75 Å². The topological polar surface area (TPSA) is 56.1 Å². The predicted octanol–water partition coefficient (Wildman–Crippen LogP) is 3.52. The quantitative estimate of drug-likeness (QED) is 0.861. The first kappa shape index (κ1) is 15.4. The number of hydrogen-bond donors (Lipinski definition) is 1. The number of aromatic nitrogens is 2. The lowest BCUT2D eigenvalue weighted by Gasteiger charge is -2.20. The third kappa shape index (κ3) is 2.98. The fourth-order valence-electron chi connectivity index (χ4n) is 2.50. The molecule has 1 atom stereocenters. The summed E-state index contributed by atoms with van der Waals surface area (Å²) < 4.78 is 7.52. The normalized spacial score (nSPS) is 17.3. The standard InChI is InChI=1S/C15H15BrClN3O2/c1-20-15(21)14(16)12(8-18-20)19-11-3-2-6-22-13-7-9(17)4-5-10(11)13/h4-5,7-8,11,19H,2-3,6H2,1H3. The summed E-state index contributed by atoms with van der Waals surface area (Å²) in [6.07, 6.45) is 3.46. The number of rotatable bonds is 2. The molecule has 7 heteroatoms. The molecule has 0 amide bonds. The highest BCUT2D eigenvalue weighted by Crippen LogP contribution is 2.36. The molecule has 2 heterocycles. The number of halogens is 2. The number of nitrogens with one attached hydrogen (secondary N) is 1. The van der Waals surface area contributed by atoms with Gasteiger partial charge in [-0.1, -0.05) is 17.7 Å². The smallest absolute Gasteiger partial charge is 0.282 e. The van der Waals surface area contributed by atoms with Crippen molar-refractivity contribution in [2.45, 2.75) is 18.9 Å². The third-order valence-corrected chi connectivity index (χ3v) is 4.66. The lowest BCUT2D eigenvalue weighted by Crippen LogP contribution is -2.22. The molecule has 0 fully saturated rings. The SMILES string of the molecule is Cn1ncc(NC2CCCOc3cc(Cl)ccc32)c(Br)c1=O. The van der Waals surface area contributed by atoms with Crippen LogP contribution in [-0.2, 0) is 7.05 Å². The number of anilines is 1. The Kier molecular flexibility index (Phi) is 4.40. The molecule has 0 saturated heterocycles. The van der Waals surface area contributed by atoms with E-state index in [2.05, 4.69) is 26.3 Å². The molecular formula is C15H15BrClN3O2. The van der Waals surface area contributed by atoms with Crippen molar-refractivity contribution in [3.63, 3.8) is 0 Å². The Hall–Kier alpha value is -1.53. The first-order chi connectivity index (χ1) is 10.6. The van der Waals surface area contributed by atoms with Crippen LogP contribution in [0.15, 0.2) is 33.7 Å². The second kappa shape index (κ2) is 6.30. The van der Waals surface area contributed by atoms with Gasteiger partial charge in [0.2, 0.25) is 0 Å². The second-order valence-electron chi connectivity index (χ2n) is 5.17. The highest BCUT2D eigenvalue weighted by Gasteiger charge is 2.21. The first-order valence-corrected chi connectivity index (χ1v) is 8.14. The lowest BCUT2D eigenvalue weighted by atomic mass is 10.0. The summed E-state index contributed by atoms with van der Waals surface area (Å²) in [5, 5.41) is 8.09. The van der Waals surface area contributed by atoms with Gasteiger partial charge in [0.1, 0.15) is 10.2 Å². The Morgan fingerprint density at radius 3 is 3.14 bits per heavy atom. The van der Waals surface area contributed by atoms with E-state index in [1.165, 1.54) is 4.68 Å². The Bertz CT molecular complexity index is 763. The minimum absolute atomic E-state index is 0.0416. The third-order valence-electron chi connectivity index (χ3n) is 3.65. The Labute approximate surface area is 141 Å². The van der Waals surface area contributed by atoms with E-state index in [-0.39, 0.29) is 11.6 Å². The van der Waals surface area contributed by atoms with E-state index in [1.54, 1.807) is 13.2 Å². The van der Waals surface area contributed by atoms with Crippen molar-refractivity contribution in [2.75, 3.05) is 11.9 Å². The molecule has 3 rings (SSSR count). The zero-order chi connectivity index (χ0) is 15.7. The van der Waals surface area contributed by atoms with Crippen molar-refractivity contribution in [1.82, 2.24) is 9.78 Å². The molecule has 0 bridgehead atoms. The van der Waals surface area contributed by atoms with E-state index in [9.17, 15) is 4.79 Å². The zero-order valence-corrected chi connectivity index (χ0v) is 14.3. The minimum Gasteiger partial charge on any atom is -0.493 e. The molecule has 1 aliphatic rings. The number of aryl methyl sites for hydroxylation is 1. The largest absolute Gasteiger partial charge is 0.493 e. The Morgan fingerprint density at radius 1 is 1.50 bits per heavy atom. The summed E-state index contributed by atoms with van der Waals surface area (Å²) in [7, 11) is 1.62. The van der Waals surface area contributed by atoms with E-state index in [1.807, 2.05) is 18.2 Å². The summed E-state index contributed by atoms with van der Waals surface area (Å²) in [4.78, 5) is 12.0. The molecule has 1 N–H and O–H groups in total. The molecule has 0 aliphatic carbocycles. The molecule has 0 radical (unpaired) electrons. The van der Waals surface area contributed by atoms with Crippen LogP contribution in [-0.4, -0.2) is 16.4 Å². The average Bonchev–Trinajstić information content (AvgIpc) is 2.70. The molecule has 0 saturated carbocycles. The van der Waals surface area contributed by atoms with Gasteiger partial charge >= 0.3 is 0 Å². The highest BCUT2D eigenvalue weighted by molar-refractivity contribution is 9.10. The maximum Gasteiger partial charge on any atom is 0.282 e. The van der Waals surface area contributed by atoms with Crippen LogP contribution >= 0.6 is 27.5 Å². The predicted molar refractivity (Wildman–Crippen MR) is 89.7 cm³/mol. The highest BCUT2D eigenvalue weighted by atomic mass is 79.9. The number of hydrogen-bond acceptors (Lipinski definition) is 4. The Morgan fingerprint density at radius 2 is 2.32 bits per heavy atom. The van der Waals surface area contributed by atoms with E-state index in [4.69, 9.17) is 16.3 Å². The van der Waals surface area contributed by atoms with Crippen molar-refractivity contribution in [2.24, 2.45) is 7.05 Å². The van der Waals surface area contributed by atoms with Gasteiger partial charge in [0.05, 0.1) is 24.5 Å². The van der Waals surface area contributed by atoms with Gasteiger partial charge in [0, 0.05) is 17.6 Å². The molecule has 22 heavy (non-hydrogen) atoms. The molecular weight excluding hydrogens is 370 g/mol. The number of benzene rings is 1. The van der Waals surface area contributed by atoms with Crippen molar-refractivity contribution in [1.29, 1.82) is 0 Å². The minimum atomic E-state index is -0.175. The molecule has 1 aromatic heterocycles. The first-order valence-electron chi connectivity index (χ1n) is 6.97. The van der Waals surface area contributed by atoms with Crippen LogP contribution in [0, 0.1) is 0 Å². The van der Waals surface area contributed by atoms with Gasteiger partial charge in [-0.2, -0.15) is 5.10 Å². The summed E-state index contributed by atoms with van der Waals surface area (Å²) in [5.74, 6) is 0.787. The van der Waals surface area contributed by atoms with Crippen LogP contribution in [0.1, 0.15) is 24.4 Å². The molecule has 1 unspecified atom stereocenters. The lowest BCUT2D eigenvalue weighted by molar-refractivity contribution is 0.316. The maximum atomic E-state index is 12.0. The van der Waals surface area contributed by atoms with Gasteiger partial charge in [-0.05, 0) is 40.9 Å². The van der Waals surface area contributed by atoms with Gasteiger partial charge < -0.3 is 10.1 Å². The van der Waals surface area contributed by atoms with Crippen molar-refractivity contribution >= 4 is 33.2 Å². The molecule has 116 valence electrons. The van der Waals surface area contributed by atoms with E-state index < -0.39 is 0 Å². The number of fused-ring (bicyclic) bond motifs is 1. The van der Waals surface area contributed by atoms with Crippen LogP contribution < -0.4 is 15.6 Å². The van der Waals surface area contributed by atoms with E-state index in [0.29, 0.717) is 21.8 Å². The molecule has 1 aliphatic heterocycles. The van der Waals surface area contributed by atoms with E-state index in [0.717, 1.165) is 24.2 Å². The monoisotopic (exact) mass is 383 g/mol. The second-order valence-corrected chi connectivity index (χ2v) is 6.40. The maximum absolute atomic E-state index is 12.0. The van der Waals surface area contributed by atoms with Crippen molar-refractivity contribution < 1.29 is 4.74 Å². The molecule has 0 spiro atoms. The van der Waals surface area contributed by atoms with Crippen LogP contribution in [0.3, 0.4) is 0 Å². The van der Waals surface area contributed by atoms with Gasteiger partial charge in [-0.25, -0.2) is 4.68 Å². The summed E-state index contributed by atoms with van der Waals surface area (Å²) in [6.45, 7) is 0.654. The zero-order valence-electron chi connectivity index (χ0n) is 12.0. The fourth-order valence-corrected chi connectivity index (χ4v) is 3.13. The Balaban J connectivity index is 1.96. The average molecular weight is 385 g/mol. The van der Waals surface area contributed by atoms with Gasteiger partial charge in [-0.15, -0.1) is 0 Å². The summed E-state index contributed by atoms with van der Waals surface area (Å²) in [6, 6.07) is 5.68. The molecule has 2 aromatic rings. The number of nitrogens with zero attached hydrogens (tertiary/aromatic N) is 2. The van der Waals surface area contributed by atoms with Crippen LogP contribution in [0.5, 0.6) is 5.75 Å². The molecule has 5 nitrogen and oxygen atoms in total. The number of ether oxygens (including phenoxy) is 1. The van der Waals surface area contributed by atoms with E-state index >= 15 is 0 Å². The van der Waals surface area contributed by atoms with Gasteiger partial charge in [0.15, 0.2) is 0 Å². The summed E-state index contributed by atoms with van der Waals surface area (Å²) >= 11 is 9.38. The van der Waals surface area contributed by atoms with Gasteiger partial charge in [-0.3, -0.25) is 4.79 Å². The van der Waals surface area contributed by atoms with Crippen LogP contribution in [0.2, 0.25) is 5.02 Å². The molecule has 1 aromatic carbocycles. The van der Waals surface area contributed by atoms with Crippen LogP contribution in [0.25, 0.3) is 0 Å². The van der Waals surface area contributed by atoms with Crippen molar-refractivity contribution in [3.05, 3.63) is 49.8 Å².